The van der Waals surface area contributed by atoms with Crippen LogP contribution in [0.2, 0.25) is 3.43 Å². The van der Waals surface area contributed by atoms with Crippen molar-refractivity contribution in [3.63, 3.8) is 0 Å². The summed E-state index contributed by atoms with van der Waals surface area (Å²) in [4.78, 5) is 1.68. The van der Waals surface area contributed by atoms with Gasteiger partial charge in [0.2, 0.25) is 0 Å². The van der Waals surface area contributed by atoms with Crippen LogP contribution in [-0.2, 0) is 6.42 Å². The van der Waals surface area contributed by atoms with E-state index in [1.54, 1.807) is 4.88 Å². The molecule has 0 saturated heterocycles. The van der Waals surface area contributed by atoms with E-state index in [1.807, 2.05) is 2.89 Å². The van der Waals surface area contributed by atoms with Crippen molar-refractivity contribution in [2.45, 2.75) is 134 Å². The first kappa shape index (κ1) is 25.5. The van der Waals surface area contributed by atoms with E-state index in [1.165, 1.54) is 103 Å². The van der Waals surface area contributed by atoms with Gasteiger partial charge in [0.1, 0.15) is 0 Å². The summed E-state index contributed by atoms with van der Waals surface area (Å²) in [6.07, 6.45) is 22.8. The van der Waals surface area contributed by atoms with Gasteiger partial charge in [0.15, 0.2) is 0 Å². The van der Waals surface area contributed by atoms with E-state index in [4.69, 9.17) is 0 Å². The molecule has 0 unspecified atom stereocenters. The molecule has 0 saturated carbocycles. The van der Waals surface area contributed by atoms with Crippen molar-refractivity contribution in [1.29, 1.82) is 0 Å². The summed E-state index contributed by atoms with van der Waals surface area (Å²) in [6, 6.07) is 5.03. The Balaban J connectivity index is 2.61. The Labute approximate surface area is 185 Å². The van der Waals surface area contributed by atoms with Crippen molar-refractivity contribution < 1.29 is 0 Å². The topological polar surface area (TPSA) is 0 Å². The Bertz CT molecular complexity index is 429. The van der Waals surface area contributed by atoms with Crippen LogP contribution in [0.4, 0.5) is 0 Å². The maximum absolute atomic E-state index is 2.54. The molecule has 0 aliphatic heterocycles. The Morgan fingerprint density at radius 2 is 1.19 bits per heavy atom. The molecule has 0 N–H and O–H groups in total. The second-order valence-corrected chi connectivity index (χ2v) is 16.0. The molecule has 0 fully saturated rings. The van der Waals surface area contributed by atoms with Gasteiger partial charge in [0, 0.05) is 0 Å². The van der Waals surface area contributed by atoms with Crippen LogP contribution in [0.25, 0.3) is 0 Å². The van der Waals surface area contributed by atoms with Gasteiger partial charge in [-0.15, -0.1) is 0 Å². The quantitative estimate of drug-likeness (QED) is 0.141. The summed E-state index contributed by atoms with van der Waals surface area (Å²) in [5.41, 5.74) is 0. The minimum absolute atomic E-state index is 0.503. The molecular weight excluding hydrogens is 451 g/mol. The van der Waals surface area contributed by atoms with E-state index in [0.29, 0.717) is 0 Å². The molecule has 0 amide bonds. The van der Waals surface area contributed by atoms with Gasteiger partial charge in [-0.1, -0.05) is 0 Å². The van der Waals surface area contributed by atoms with Crippen LogP contribution in [-0.4, -0.2) is 21.1 Å². The molecule has 0 bridgehead atoms. The Morgan fingerprint density at radius 1 is 0.667 bits per heavy atom. The summed E-state index contributed by atoms with van der Waals surface area (Å²) in [5.74, 6) is 0. The van der Waals surface area contributed by atoms with E-state index in [2.05, 4.69) is 51.2 Å². The Hall–Kier alpha value is 0.499. The Morgan fingerprint density at radius 3 is 1.74 bits per heavy atom. The van der Waals surface area contributed by atoms with Gasteiger partial charge in [0.25, 0.3) is 0 Å². The predicted octanol–water partition coefficient (Wildman–Crippen LogP) is 8.71. The molecule has 0 aliphatic rings. The fraction of sp³-hybridized carbons (Fsp3) is 0.840. The molecule has 0 spiro atoms. The minimum atomic E-state index is -0.503. The average molecular weight is 497 g/mol. The molecule has 0 atom stereocenters. The standard InChI is InChI=1S/C13H27.C12H19S.Sn/c1-4-7-10-13(11-8-5-2)12-9-6-3;1-2-3-4-5-6-7-9-12-10-8-11-13-12;/h4-12H2,1-3H3;8,10H,2-7,9H2,1H3;. The van der Waals surface area contributed by atoms with Crippen LogP contribution in [0.5, 0.6) is 0 Å². The van der Waals surface area contributed by atoms with E-state index in [9.17, 15) is 0 Å². The molecule has 0 aromatic carbocycles. The monoisotopic (exact) mass is 498 g/mol. The van der Waals surface area contributed by atoms with Crippen LogP contribution in [0.15, 0.2) is 12.1 Å². The fourth-order valence-corrected chi connectivity index (χ4v) is 12.4. The SMILES string of the molecule is CCCCCCCCc1cc[c]([Sn][C](CCCC)(CCCC)CCCC)s1. The summed E-state index contributed by atoms with van der Waals surface area (Å²) in [5, 5.41) is 0. The molecule has 2 heteroatoms. The van der Waals surface area contributed by atoms with Crippen LogP contribution < -0.4 is 2.89 Å². The number of rotatable bonds is 18. The normalized spacial score (nSPS) is 12.0. The first-order chi connectivity index (χ1) is 13.2. The van der Waals surface area contributed by atoms with Gasteiger partial charge in [-0.3, -0.25) is 0 Å². The predicted molar refractivity (Wildman–Crippen MR) is 128 cm³/mol. The molecule has 1 rings (SSSR count). The number of unbranched alkanes of at least 4 members (excludes halogenated alkanes) is 8. The molecule has 0 aliphatic carbocycles. The van der Waals surface area contributed by atoms with Gasteiger partial charge in [-0.2, -0.15) is 0 Å². The van der Waals surface area contributed by atoms with Crippen LogP contribution in [0.1, 0.15) is 129 Å². The zero-order valence-corrected chi connectivity index (χ0v) is 22.5. The van der Waals surface area contributed by atoms with Gasteiger partial charge in [0.05, 0.1) is 0 Å². The summed E-state index contributed by atoms with van der Waals surface area (Å²) < 4.78 is 2.58. The third kappa shape index (κ3) is 11.3. The van der Waals surface area contributed by atoms with E-state index in [-0.39, 0.29) is 0 Å². The van der Waals surface area contributed by atoms with Crippen molar-refractivity contribution in [1.82, 2.24) is 0 Å². The molecular formula is C25H46SSn. The van der Waals surface area contributed by atoms with Crippen molar-refractivity contribution in [3.8, 4) is 0 Å². The van der Waals surface area contributed by atoms with Gasteiger partial charge < -0.3 is 0 Å². The van der Waals surface area contributed by atoms with Crippen molar-refractivity contribution >= 4 is 35.4 Å². The van der Waals surface area contributed by atoms with E-state index < -0.39 is 21.1 Å². The average Bonchev–Trinajstić information content (AvgIpc) is 3.12. The van der Waals surface area contributed by atoms with E-state index in [0.717, 1.165) is 3.43 Å². The molecule has 27 heavy (non-hydrogen) atoms. The summed E-state index contributed by atoms with van der Waals surface area (Å²) >= 11 is 1.70. The summed E-state index contributed by atoms with van der Waals surface area (Å²) in [7, 11) is 0. The second-order valence-electron chi connectivity index (χ2n) is 8.50. The maximum atomic E-state index is 2.54. The van der Waals surface area contributed by atoms with E-state index >= 15 is 0 Å². The number of hydrogen-bond acceptors (Lipinski definition) is 1. The second kappa shape index (κ2) is 16.3. The molecule has 2 radical (unpaired) electrons. The van der Waals surface area contributed by atoms with Crippen LogP contribution in [0.3, 0.4) is 0 Å². The van der Waals surface area contributed by atoms with Crippen molar-refractivity contribution in [3.05, 3.63) is 17.0 Å². The fourth-order valence-electron chi connectivity index (χ4n) is 4.03. The number of hydrogen-bond donors (Lipinski definition) is 0. The van der Waals surface area contributed by atoms with Crippen molar-refractivity contribution in [2.24, 2.45) is 0 Å². The van der Waals surface area contributed by atoms with Crippen molar-refractivity contribution in [2.75, 3.05) is 0 Å². The molecule has 0 nitrogen and oxygen atoms in total. The first-order valence-electron chi connectivity index (χ1n) is 12.1. The first-order valence-corrected chi connectivity index (χ1v) is 15.7. The molecule has 1 heterocycles. The summed E-state index contributed by atoms with van der Waals surface area (Å²) in [6.45, 7) is 9.43. The zero-order chi connectivity index (χ0) is 19.8. The van der Waals surface area contributed by atoms with Crippen LogP contribution in [0, 0.1) is 0 Å². The van der Waals surface area contributed by atoms with Gasteiger partial charge in [-0.25, -0.2) is 0 Å². The number of aryl methyl sites for hydroxylation is 1. The molecule has 1 aromatic rings. The Kier molecular flexibility index (Phi) is 15.4. The molecule has 156 valence electrons. The van der Waals surface area contributed by atoms with Gasteiger partial charge >= 0.3 is 186 Å². The third-order valence-corrected chi connectivity index (χ3v) is 13.2. The third-order valence-electron chi connectivity index (χ3n) is 5.85. The zero-order valence-electron chi connectivity index (χ0n) is 18.9. The molecule has 1 aromatic heterocycles. The van der Waals surface area contributed by atoms with Gasteiger partial charge in [-0.05, 0) is 0 Å². The van der Waals surface area contributed by atoms with Crippen LogP contribution >= 0.6 is 11.3 Å². The number of thiophene rings is 1.